The summed E-state index contributed by atoms with van der Waals surface area (Å²) in [6.45, 7) is 0. The molecule has 3 heterocycles. The number of rotatable bonds is 4. The van der Waals surface area contributed by atoms with Crippen LogP contribution in [0.2, 0.25) is 0 Å². The van der Waals surface area contributed by atoms with Crippen LogP contribution in [0.15, 0.2) is 133 Å². The van der Waals surface area contributed by atoms with Crippen LogP contribution in [0.25, 0.3) is 76.3 Å². The maximum Gasteiger partial charge on any atom is 0.238 e. The SMILES string of the molecule is C1=CC(c2ccc(-c3nc(-c4ccccc4)nc(-n4c5ccccc5c5ccc6c7ccccc7sc6c54)n3)cc2)=CCC1. The molecule has 0 spiro atoms. The maximum atomic E-state index is 5.19. The van der Waals surface area contributed by atoms with Crippen molar-refractivity contribution in [3.05, 3.63) is 139 Å². The van der Waals surface area contributed by atoms with Crippen LogP contribution in [0.1, 0.15) is 18.4 Å². The van der Waals surface area contributed by atoms with Crippen molar-refractivity contribution in [2.24, 2.45) is 0 Å². The van der Waals surface area contributed by atoms with E-state index in [0.29, 0.717) is 17.6 Å². The van der Waals surface area contributed by atoms with E-state index in [1.807, 2.05) is 29.5 Å². The third-order valence-corrected chi connectivity index (χ3v) is 9.70. The van der Waals surface area contributed by atoms with Gasteiger partial charge in [0.05, 0.1) is 15.7 Å². The van der Waals surface area contributed by atoms with Gasteiger partial charge in [0, 0.05) is 37.4 Å². The molecule has 0 saturated carbocycles. The number of benzene rings is 5. The molecule has 9 rings (SSSR count). The molecule has 0 N–H and O–H groups in total. The van der Waals surface area contributed by atoms with E-state index in [9.17, 15) is 0 Å². The van der Waals surface area contributed by atoms with Crippen molar-refractivity contribution in [2.75, 3.05) is 0 Å². The number of fused-ring (bicyclic) bond motifs is 7. The van der Waals surface area contributed by atoms with E-state index < -0.39 is 0 Å². The third-order valence-electron chi connectivity index (χ3n) is 8.51. The van der Waals surface area contributed by atoms with Crippen molar-refractivity contribution in [1.29, 1.82) is 0 Å². The van der Waals surface area contributed by atoms with E-state index in [-0.39, 0.29) is 0 Å². The fourth-order valence-corrected chi connectivity index (χ4v) is 7.63. The summed E-state index contributed by atoms with van der Waals surface area (Å²) in [6, 6.07) is 40.5. The van der Waals surface area contributed by atoms with E-state index in [1.165, 1.54) is 42.1 Å². The van der Waals surface area contributed by atoms with Crippen molar-refractivity contribution in [3.8, 4) is 28.7 Å². The monoisotopic (exact) mass is 582 g/mol. The fraction of sp³-hybridized carbons (Fsp3) is 0.0513. The van der Waals surface area contributed by atoms with Gasteiger partial charge in [-0.1, -0.05) is 121 Å². The first kappa shape index (κ1) is 25.1. The molecule has 0 radical (unpaired) electrons. The zero-order valence-corrected chi connectivity index (χ0v) is 24.6. The lowest BCUT2D eigenvalue weighted by Crippen LogP contribution is -2.06. The molecule has 0 fully saturated rings. The molecule has 4 nitrogen and oxygen atoms in total. The summed E-state index contributed by atoms with van der Waals surface area (Å²) in [5, 5.41) is 4.90. The first-order valence-electron chi connectivity index (χ1n) is 14.9. The van der Waals surface area contributed by atoms with Gasteiger partial charge >= 0.3 is 0 Å². The molecule has 0 atom stereocenters. The van der Waals surface area contributed by atoms with E-state index in [1.54, 1.807) is 0 Å². The van der Waals surface area contributed by atoms with Crippen molar-refractivity contribution in [3.63, 3.8) is 0 Å². The molecule has 0 amide bonds. The summed E-state index contributed by atoms with van der Waals surface area (Å²) in [7, 11) is 0. The minimum absolute atomic E-state index is 0.618. The highest BCUT2D eigenvalue weighted by Gasteiger charge is 2.21. The van der Waals surface area contributed by atoms with Gasteiger partial charge in [-0.3, -0.25) is 4.57 Å². The normalized spacial score (nSPS) is 13.3. The molecular formula is C39H26N4S. The lowest BCUT2D eigenvalue weighted by molar-refractivity contribution is 0.955. The predicted octanol–water partition coefficient (Wildman–Crippen LogP) is 10.4. The average Bonchev–Trinajstić information content (AvgIpc) is 3.65. The Bertz CT molecular complexity index is 2430. The number of thiophene rings is 1. The zero-order chi connectivity index (χ0) is 29.0. The fourth-order valence-electron chi connectivity index (χ4n) is 6.39. The molecule has 44 heavy (non-hydrogen) atoms. The highest BCUT2D eigenvalue weighted by atomic mass is 32.1. The molecule has 0 aliphatic heterocycles. The van der Waals surface area contributed by atoms with Crippen LogP contribution < -0.4 is 0 Å². The average molecular weight is 583 g/mol. The van der Waals surface area contributed by atoms with Crippen molar-refractivity contribution >= 4 is 58.9 Å². The van der Waals surface area contributed by atoms with Gasteiger partial charge in [0.15, 0.2) is 11.6 Å². The molecule has 0 unspecified atom stereocenters. The Hall–Kier alpha value is -5.39. The second-order valence-electron chi connectivity index (χ2n) is 11.2. The Morgan fingerprint density at radius 2 is 1.23 bits per heavy atom. The minimum Gasteiger partial charge on any atom is -0.276 e. The van der Waals surface area contributed by atoms with Gasteiger partial charge in [0.1, 0.15) is 0 Å². The number of hydrogen-bond acceptors (Lipinski definition) is 4. The van der Waals surface area contributed by atoms with Gasteiger partial charge in [-0.05, 0) is 36.1 Å². The highest BCUT2D eigenvalue weighted by Crippen LogP contribution is 2.42. The Balaban J connectivity index is 1.32. The quantitative estimate of drug-likeness (QED) is 0.207. The highest BCUT2D eigenvalue weighted by molar-refractivity contribution is 7.26. The van der Waals surface area contributed by atoms with Crippen LogP contribution in [0.5, 0.6) is 0 Å². The molecule has 5 aromatic carbocycles. The predicted molar refractivity (Wildman–Crippen MR) is 184 cm³/mol. The number of para-hydroxylation sites is 1. The summed E-state index contributed by atoms with van der Waals surface area (Å²) < 4.78 is 4.75. The van der Waals surface area contributed by atoms with Crippen LogP contribution in [-0.4, -0.2) is 19.5 Å². The standard InChI is InChI=1S/C39H26N4S/c1-3-11-25(12-4-1)26-19-21-28(22-20-26)38-40-37(27-13-5-2-6-14-27)41-39(42-38)43-33-17-9-7-15-29(33)31-23-24-32-30-16-8-10-18-34(30)44-36(32)35(31)43/h2-3,5-24H,1,4H2. The molecule has 0 bridgehead atoms. The molecule has 1 aliphatic carbocycles. The third kappa shape index (κ3) is 4.01. The van der Waals surface area contributed by atoms with Crippen molar-refractivity contribution in [2.45, 2.75) is 12.8 Å². The number of allylic oxidation sites excluding steroid dienone is 4. The molecular weight excluding hydrogens is 557 g/mol. The lowest BCUT2D eigenvalue weighted by atomic mass is 9.98. The first-order valence-corrected chi connectivity index (χ1v) is 15.8. The van der Waals surface area contributed by atoms with Crippen LogP contribution in [0.4, 0.5) is 0 Å². The van der Waals surface area contributed by atoms with E-state index in [2.05, 4.69) is 120 Å². The van der Waals surface area contributed by atoms with Gasteiger partial charge in [-0.25, -0.2) is 4.98 Å². The van der Waals surface area contributed by atoms with Crippen LogP contribution in [0, 0.1) is 0 Å². The number of hydrogen-bond donors (Lipinski definition) is 0. The molecule has 3 aromatic heterocycles. The summed E-state index contributed by atoms with van der Waals surface area (Å²) in [5.74, 6) is 1.93. The second-order valence-corrected chi connectivity index (χ2v) is 12.2. The van der Waals surface area contributed by atoms with Gasteiger partial charge in [-0.15, -0.1) is 11.3 Å². The van der Waals surface area contributed by atoms with Gasteiger partial charge in [0.25, 0.3) is 0 Å². The van der Waals surface area contributed by atoms with E-state index >= 15 is 0 Å². The van der Waals surface area contributed by atoms with E-state index in [4.69, 9.17) is 15.0 Å². The maximum absolute atomic E-state index is 5.19. The van der Waals surface area contributed by atoms with E-state index in [0.717, 1.165) is 35.0 Å². The van der Waals surface area contributed by atoms with Crippen molar-refractivity contribution < 1.29 is 0 Å². The largest absolute Gasteiger partial charge is 0.276 e. The molecule has 5 heteroatoms. The first-order chi connectivity index (χ1) is 21.8. The summed E-state index contributed by atoms with van der Waals surface area (Å²) >= 11 is 1.83. The van der Waals surface area contributed by atoms with Crippen LogP contribution in [0.3, 0.4) is 0 Å². The Morgan fingerprint density at radius 3 is 2.02 bits per heavy atom. The number of nitrogens with zero attached hydrogens (tertiary/aromatic N) is 4. The van der Waals surface area contributed by atoms with Gasteiger partial charge < -0.3 is 0 Å². The lowest BCUT2D eigenvalue weighted by Gasteiger charge is -2.12. The second kappa shape index (κ2) is 10.1. The topological polar surface area (TPSA) is 43.6 Å². The summed E-state index contributed by atoms with van der Waals surface area (Å²) in [4.78, 5) is 15.4. The molecule has 1 aliphatic rings. The number of aromatic nitrogens is 4. The smallest absolute Gasteiger partial charge is 0.238 e. The Labute approximate surface area is 258 Å². The Kier molecular flexibility index (Phi) is 5.78. The summed E-state index contributed by atoms with van der Waals surface area (Å²) in [6.07, 6.45) is 8.95. The summed E-state index contributed by atoms with van der Waals surface area (Å²) in [5.41, 5.74) is 6.60. The molecule has 8 aromatic rings. The Morgan fingerprint density at radius 1 is 0.545 bits per heavy atom. The van der Waals surface area contributed by atoms with Crippen LogP contribution >= 0.6 is 11.3 Å². The van der Waals surface area contributed by atoms with Gasteiger partial charge in [-0.2, -0.15) is 9.97 Å². The minimum atomic E-state index is 0.618. The molecule has 208 valence electrons. The van der Waals surface area contributed by atoms with Crippen LogP contribution in [-0.2, 0) is 0 Å². The molecule has 0 saturated heterocycles. The van der Waals surface area contributed by atoms with Crippen molar-refractivity contribution in [1.82, 2.24) is 19.5 Å². The zero-order valence-electron chi connectivity index (χ0n) is 23.8. The van der Waals surface area contributed by atoms with Gasteiger partial charge in [0.2, 0.25) is 5.95 Å².